The summed E-state index contributed by atoms with van der Waals surface area (Å²) in [6, 6.07) is 10.8. The van der Waals surface area contributed by atoms with Gasteiger partial charge in [-0.1, -0.05) is 25.4 Å². The van der Waals surface area contributed by atoms with E-state index in [-0.39, 0.29) is 35.1 Å². The first-order valence-electron chi connectivity index (χ1n) is 9.83. The average molecular weight is 468 g/mol. The molecule has 0 saturated heterocycles. The molecule has 2 amide bonds. The Balaban J connectivity index is 2.04. The van der Waals surface area contributed by atoms with Crippen LogP contribution in [0.3, 0.4) is 0 Å². The molecule has 2 aromatic carbocycles. The van der Waals surface area contributed by atoms with E-state index >= 15 is 0 Å². The number of rotatable bonds is 10. The SMILES string of the molecule is CCOc1ccc(NC(=O)CNC(=O)c2ccc(Cl)c(S(=O)(=O)N(CC)CC)c2)cc1. The van der Waals surface area contributed by atoms with Crippen LogP contribution in [0.5, 0.6) is 5.75 Å². The molecular formula is C21H26ClN3O5S. The van der Waals surface area contributed by atoms with E-state index in [1.54, 1.807) is 38.1 Å². The first kappa shape index (κ1) is 24.6. The van der Waals surface area contributed by atoms with E-state index in [2.05, 4.69) is 10.6 Å². The van der Waals surface area contributed by atoms with Crippen molar-refractivity contribution in [3.05, 3.63) is 53.1 Å². The molecule has 2 N–H and O–H groups in total. The molecule has 0 spiro atoms. The third-order valence-corrected chi connectivity index (χ3v) is 6.91. The summed E-state index contributed by atoms with van der Waals surface area (Å²) in [4.78, 5) is 24.4. The maximum atomic E-state index is 12.8. The van der Waals surface area contributed by atoms with Gasteiger partial charge in [0.05, 0.1) is 18.2 Å². The van der Waals surface area contributed by atoms with Crippen LogP contribution in [0.2, 0.25) is 5.02 Å². The fourth-order valence-corrected chi connectivity index (χ4v) is 4.77. The average Bonchev–Trinajstić information content (AvgIpc) is 2.74. The number of hydrogen-bond donors (Lipinski definition) is 2. The van der Waals surface area contributed by atoms with E-state index in [0.717, 1.165) is 0 Å². The summed E-state index contributed by atoms with van der Waals surface area (Å²) >= 11 is 6.08. The number of anilines is 1. The van der Waals surface area contributed by atoms with Crippen molar-refractivity contribution in [2.24, 2.45) is 0 Å². The van der Waals surface area contributed by atoms with E-state index in [0.29, 0.717) is 18.0 Å². The number of carbonyl (C=O) groups is 2. The van der Waals surface area contributed by atoms with Crippen molar-refractivity contribution in [2.75, 3.05) is 31.6 Å². The number of halogens is 1. The molecule has 0 aliphatic heterocycles. The summed E-state index contributed by atoms with van der Waals surface area (Å²) in [7, 11) is -3.84. The van der Waals surface area contributed by atoms with Crippen molar-refractivity contribution in [1.29, 1.82) is 0 Å². The smallest absolute Gasteiger partial charge is 0.251 e. The molecule has 0 aliphatic rings. The third kappa shape index (κ3) is 6.43. The molecule has 0 heterocycles. The molecule has 2 aromatic rings. The zero-order valence-corrected chi connectivity index (χ0v) is 19.2. The van der Waals surface area contributed by atoms with Crippen LogP contribution in [0.15, 0.2) is 47.4 Å². The second-order valence-corrected chi connectivity index (χ2v) is 8.74. The van der Waals surface area contributed by atoms with Gasteiger partial charge in [-0.05, 0) is 49.4 Å². The lowest BCUT2D eigenvalue weighted by Gasteiger charge is -2.19. The third-order valence-electron chi connectivity index (χ3n) is 4.38. The molecule has 0 aliphatic carbocycles. The first-order chi connectivity index (χ1) is 14.7. The van der Waals surface area contributed by atoms with Crippen LogP contribution in [0.1, 0.15) is 31.1 Å². The van der Waals surface area contributed by atoms with Gasteiger partial charge in [-0.2, -0.15) is 4.31 Å². The quantitative estimate of drug-likeness (QED) is 0.558. The number of hydrogen-bond acceptors (Lipinski definition) is 5. The Kier molecular flexibility index (Phi) is 8.85. The normalized spacial score (nSPS) is 11.3. The van der Waals surface area contributed by atoms with Gasteiger partial charge in [0.1, 0.15) is 10.6 Å². The van der Waals surface area contributed by atoms with E-state index in [1.165, 1.54) is 22.5 Å². The molecule has 2 rings (SSSR count). The van der Waals surface area contributed by atoms with Gasteiger partial charge < -0.3 is 15.4 Å². The Morgan fingerprint density at radius 2 is 1.68 bits per heavy atom. The maximum Gasteiger partial charge on any atom is 0.251 e. The number of sulfonamides is 1. The molecule has 0 bridgehead atoms. The second-order valence-electron chi connectivity index (χ2n) is 6.42. The summed E-state index contributed by atoms with van der Waals surface area (Å²) in [6.45, 7) is 6.12. The van der Waals surface area contributed by atoms with Crippen molar-refractivity contribution in [1.82, 2.24) is 9.62 Å². The molecule has 0 saturated carbocycles. The monoisotopic (exact) mass is 467 g/mol. The molecule has 0 aromatic heterocycles. The fourth-order valence-electron chi connectivity index (χ4n) is 2.81. The number of nitrogens with zero attached hydrogens (tertiary/aromatic N) is 1. The van der Waals surface area contributed by atoms with Crippen LogP contribution in [-0.4, -0.2) is 50.8 Å². The summed E-state index contributed by atoms with van der Waals surface area (Å²) in [5, 5.41) is 5.16. The predicted molar refractivity (Wildman–Crippen MR) is 120 cm³/mol. The minimum atomic E-state index is -3.84. The largest absolute Gasteiger partial charge is 0.494 e. The first-order valence-corrected chi connectivity index (χ1v) is 11.6. The van der Waals surface area contributed by atoms with Crippen LogP contribution in [0, 0.1) is 0 Å². The highest BCUT2D eigenvalue weighted by Gasteiger charge is 2.25. The molecule has 0 atom stereocenters. The number of carbonyl (C=O) groups excluding carboxylic acids is 2. The van der Waals surface area contributed by atoms with Crippen molar-refractivity contribution in [3.8, 4) is 5.75 Å². The summed E-state index contributed by atoms with van der Waals surface area (Å²) in [6.07, 6.45) is 0. The Morgan fingerprint density at radius 3 is 2.26 bits per heavy atom. The number of ether oxygens (including phenoxy) is 1. The summed E-state index contributed by atoms with van der Waals surface area (Å²) < 4.78 is 32.1. The number of nitrogens with one attached hydrogen (secondary N) is 2. The van der Waals surface area contributed by atoms with Gasteiger partial charge in [0.25, 0.3) is 5.91 Å². The van der Waals surface area contributed by atoms with E-state index < -0.39 is 21.8 Å². The lowest BCUT2D eigenvalue weighted by molar-refractivity contribution is -0.115. The van der Waals surface area contributed by atoms with E-state index in [4.69, 9.17) is 16.3 Å². The lowest BCUT2D eigenvalue weighted by Crippen LogP contribution is -2.33. The second kappa shape index (κ2) is 11.1. The topological polar surface area (TPSA) is 105 Å². The van der Waals surface area contributed by atoms with Gasteiger partial charge in [-0.25, -0.2) is 8.42 Å². The van der Waals surface area contributed by atoms with E-state index in [9.17, 15) is 18.0 Å². The number of benzene rings is 2. The van der Waals surface area contributed by atoms with Crippen molar-refractivity contribution >= 4 is 39.1 Å². The van der Waals surface area contributed by atoms with Crippen LogP contribution in [-0.2, 0) is 14.8 Å². The van der Waals surface area contributed by atoms with Gasteiger partial charge in [-0.3, -0.25) is 9.59 Å². The Bertz CT molecular complexity index is 1020. The van der Waals surface area contributed by atoms with Gasteiger partial charge in [-0.15, -0.1) is 0 Å². The standard InChI is InChI=1S/C21H26ClN3O5S/c1-4-25(5-2)31(28,29)19-13-15(7-12-18(19)22)21(27)23-14-20(26)24-16-8-10-17(11-9-16)30-6-3/h7-13H,4-6,14H2,1-3H3,(H,23,27)(H,24,26). The van der Waals surface area contributed by atoms with Crippen molar-refractivity contribution < 1.29 is 22.7 Å². The molecular weight excluding hydrogens is 442 g/mol. The summed E-state index contributed by atoms with van der Waals surface area (Å²) in [5.41, 5.74) is 0.644. The van der Waals surface area contributed by atoms with Crippen molar-refractivity contribution in [2.45, 2.75) is 25.7 Å². The molecule has 31 heavy (non-hydrogen) atoms. The van der Waals surface area contributed by atoms with Gasteiger partial charge in [0.2, 0.25) is 15.9 Å². The molecule has 8 nitrogen and oxygen atoms in total. The van der Waals surface area contributed by atoms with Crippen LogP contribution >= 0.6 is 11.6 Å². The van der Waals surface area contributed by atoms with Crippen LogP contribution in [0.25, 0.3) is 0 Å². The minimum Gasteiger partial charge on any atom is -0.494 e. The highest BCUT2D eigenvalue weighted by atomic mass is 35.5. The zero-order chi connectivity index (χ0) is 23.0. The molecule has 0 radical (unpaired) electrons. The van der Waals surface area contributed by atoms with Crippen LogP contribution < -0.4 is 15.4 Å². The Labute approximate surface area is 187 Å². The maximum absolute atomic E-state index is 12.8. The van der Waals surface area contributed by atoms with E-state index in [1.807, 2.05) is 6.92 Å². The fraction of sp³-hybridized carbons (Fsp3) is 0.333. The van der Waals surface area contributed by atoms with Gasteiger partial charge in [0, 0.05) is 24.3 Å². The highest BCUT2D eigenvalue weighted by Crippen LogP contribution is 2.26. The molecule has 168 valence electrons. The number of amides is 2. The lowest BCUT2D eigenvalue weighted by atomic mass is 10.2. The van der Waals surface area contributed by atoms with Crippen LogP contribution in [0.4, 0.5) is 5.69 Å². The molecule has 0 fully saturated rings. The Hall–Kier alpha value is -2.62. The highest BCUT2D eigenvalue weighted by molar-refractivity contribution is 7.89. The molecule has 0 unspecified atom stereocenters. The Morgan fingerprint density at radius 1 is 1.03 bits per heavy atom. The zero-order valence-electron chi connectivity index (χ0n) is 17.6. The predicted octanol–water partition coefficient (Wildman–Crippen LogP) is 3.14. The molecule has 10 heteroatoms. The van der Waals surface area contributed by atoms with Crippen molar-refractivity contribution in [3.63, 3.8) is 0 Å². The summed E-state index contributed by atoms with van der Waals surface area (Å²) in [5.74, 6) is -0.330. The van der Waals surface area contributed by atoms with Gasteiger partial charge in [0.15, 0.2) is 0 Å². The minimum absolute atomic E-state index is 0.0247. The van der Waals surface area contributed by atoms with Gasteiger partial charge >= 0.3 is 0 Å².